The second-order valence-corrected chi connectivity index (χ2v) is 6.67. The molecule has 1 aliphatic carbocycles. The Kier molecular flexibility index (Phi) is 4.82. The first-order valence-electron chi connectivity index (χ1n) is 7.67. The molecule has 2 aromatic rings. The number of carbonyl (C=O) groups is 1. The molecule has 0 unspecified atom stereocenters. The van der Waals surface area contributed by atoms with Crippen molar-refractivity contribution >= 4 is 17.2 Å². The standard InChI is InChI=1S/C15H20N4O2S/c1-19(10-13-16-8-9-22-13)14(20)7-6-12-17-18-15(21-12)11-4-2-3-5-11/h8-9,11H,2-7,10H2,1H3. The van der Waals surface area contributed by atoms with E-state index in [2.05, 4.69) is 15.2 Å². The predicted octanol–water partition coefficient (Wildman–Crippen LogP) is 2.77. The molecule has 7 heteroatoms. The quantitative estimate of drug-likeness (QED) is 0.818. The summed E-state index contributed by atoms with van der Waals surface area (Å²) in [5.74, 6) is 1.80. The largest absolute Gasteiger partial charge is 0.425 e. The number of amides is 1. The van der Waals surface area contributed by atoms with Crippen LogP contribution in [-0.2, 0) is 17.8 Å². The lowest BCUT2D eigenvalue weighted by atomic mass is 10.1. The molecule has 0 aromatic carbocycles. The number of aromatic nitrogens is 3. The second-order valence-electron chi connectivity index (χ2n) is 5.69. The van der Waals surface area contributed by atoms with Gasteiger partial charge in [-0.2, -0.15) is 0 Å². The van der Waals surface area contributed by atoms with Crippen molar-refractivity contribution in [3.63, 3.8) is 0 Å². The van der Waals surface area contributed by atoms with Crippen molar-refractivity contribution in [1.82, 2.24) is 20.1 Å². The van der Waals surface area contributed by atoms with Gasteiger partial charge in [-0.3, -0.25) is 4.79 Å². The van der Waals surface area contributed by atoms with Gasteiger partial charge in [0, 0.05) is 37.4 Å². The van der Waals surface area contributed by atoms with Crippen molar-refractivity contribution in [2.45, 2.75) is 51.0 Å². The lowest BCUT2D eigenvalue weighted by Gasteiger charge is -2.14. The van der Waals surface area contributed by atoms with Crippen LogP contribution in [0.5, 0.6) is 0 Å². The van der Waals surface area contributed by atoms with Crippen LogP contribution in [0.2, 0.25) is 0 Å². The Morgan fingerprint density at radius 1 is 1.41 bits per heavy atom. The average molecular weight is 320 g/mol. The van der Waals surface area contributed by atoms with Crippen molar-refractivity contribution in [2.24, 2.45) is 0 Å². The summed E-state index contributed by atoms with van der Waals surface area (Å²) in [5.41, 5.74) is 0. The van der Waals surface area contributed by atoms with E-state index in [-0.39, 0.29) is 5.91 Å². The van der Waals surface area contributed by atoms with Gasteiger partial charge >= 0.3 is 0 Å². The fraction of sp³-hybridized carbons (Fsp3) is 0.600. The SMILES string of the molecule is CN(Cc1nccs1)C(=O)CCc1nnc(C2CCCC2)o1. The highest BCUT2D eigenvalue weighted by atomic mass is 32.1. The Hall–Kier alpha value is -1.76. The molecule has 2 heterocycles. The van der Waals surface area contributed by atoms with Gasteiger partial charge in [0.05, 0.1) is 6.54 Å². The number of aryl methyl sites for hydroxylation is 1. The Morgan fingerprint density at radius 3 is 2.95 bits per heavy atom. The van der Waals surface area contributed by atoms with Gasteiger partial charge in [0.15, 0.2) is 0 Å². The minimum Gasteiger partial charge on any atom is -0.425 e. The van der Waals surface area contributed by atoms with Gasteiger partial charge in [-0.15, -0.1) is 21.5 Å². The summed E-state index contributed by atoms with van der Waals surface area (Å²) < 4.78 is 5.70. The Bertz CT molecular complexity index is 605. The molecular weight excluding hydrogens is 300 g/mol. The van der Waals surface area contributed by atoms with E-state index in [9.17, 15) is 4.79 Å². The van der Waals surface area contributed by atoms with Crippen LogP contribution in [0.3, 0.4) is 0 Å². The smallest absolute Gasteiger partial charge is 0.223 e. The zero-order chi connectivity index (χ0) is 15.4. The molecule has 1 aliphatic rings. The maximum Gasteiger partial charge on any atom is 0.223 e. The molecule has 1 fully saturated rings. The third kappa shape index (κ3) is 3.71. The van der Waals surface area contributed by atoms with Crippen LogP contribution in [0, 0.1) is 0 Å². The fourth-order valence-electron chi connectivity index (χ4n) is 2.73. The monoisotopic (exact) mass is 320 g/mol. The normalized spacial score (nSPS) is 15.3. The van der Waals surface area contributed by atoms with Crippen molar-refractivity contribution in [3.8, 4) is 0 Å². The summed E-state index contributed by atoms with van der Waals surface area (Å²) >= 11 is 1.55. The molecular formula is C15H20N4O2S. The van der Waals surface area contributed by atoms with Crippen LogP contribution in [0.25, 0.3) is 0 Å². The lowest BCUT2D eigenvalue weighted by molar-refractivity contribution is -0.130. The first-order valence-corrected chi connectivity index (χ1v) is 8.55. The number of rotatable bonds is 6. The molecule has 2 aromatic heterocycles. The maximum absolute atomic E-state index is 12.1. The average Bonchev–Trinajstić information content (AvgIpc) is 3.25. The number of hydrogen-bond acceptors (Lipinski definition) is 6. The summed E-state index contributed by atoms with van der Waals surface area (Å²) in [6.07, 6.45) is 7.38. The van der Waals surface area contributed by atoms with Crippen molar-refractivity contribution in [2.75, 3.05) is 7.05 Å². The van der Waals surface area contributed by atoms with E-state index in [1.165, 1.54) is 12.8 Å². The van der Waals surface area contributed by atoms with Crippen LogP contribution in [0.1, 0.15) is 54.8 Å². The molecule has 0 atom stereocenters. The van der Waals surface area contributed by atoms with E-state index in [0.29, 0.717) is 31.2 Å². The molecule has 118 valence electrons. The third-order valence-electron chi connectivity index (χ3n) is 4.02. The summed E-state index contributed by atoms with van der Waals surface area (Å²) in [4.78, 5) is 18.0. The molecule has 6 nitrogen and oxygen atoms in total. The van der Waals surface area contributed by atoms with E-state index in [1.54, 1.807) is 29.5 Å². The first-order chi connectivity index (χ1) is 10.7. The van der Waals surface area contributed by atoms with E-state index >= 15 is 0 Å². The molecule has 0 radical (unpaired) electrons. The molecule has 1 saturated carbocycles. The number of carbonyl (C=O) groups excluding carboxylic acids is 1. The van der Waals surface area contributed by atoms with Gasteiger partial charge in [0.2, 0.25) is 17.7 Å². The van der Waals surface area contributed by atoms with E-state index in [1.807, 2.05) is 5.38 Å². The molecule has 22 heavy (non-hydrogen) atoms. The summed E-state index contributed by atoms with van der Waals surface area (Å²) in [6, 6.07) is 0. The van der Waals surface area contributed by atoms with Crippen LogP contribution < -0.4 is 0 Å². The Morgan fingerprint density at radius 2 is 2.23 bits per heavy atom. The minimum atomic E-state index is 0.0656. The summed E-state index contributed by atoms with van der Waals surface area (Å²) in [7, 11) is 1.79. The summed E-state index contributed by atoms with van der Waals surface area (Å²) in [6.45, 7) is 0.549. The maximum atomic E-state index is 12.1. The van der Waals surface area contributed by atoms with Gasteiger partial charge in [-0.05, 0) is 12.8 Å². The van der Waals surface area contributed by atoms with Crippen molar-refractivity contribution in [3.05, 3.63) is 28.4 Å². The van der Waals surface area contributed by atoms with Gasteiger partial charge in [0.1, 0.15) is 5.01 Å². The summed E-state index contributed by atoms with van der Waals surface area (Å²) in [5, 5.41) is 11.1. The van der Waals surface area contributed by atoms with Crippen LogP contribution >= 0.6 is 11.3 Å². The molecule has 0 bridgehead atoms. The minimum absolute atomic E-state index is 0.0656. The Balaban J connectivity index is 1.48. The van der Waals surface area contributed by atoms with Gasteiger partial charge in [-0.1, -0.05) is 12.8 Å². The van der Waals surface area contributed by atoms with Crippen molar-refractivity contribution in [1.29, 1.82) is 0 Å². The topological polar surface area (TPSA) is 72.1 Å². The zero-order valence-corrected chi connectivity index (χ0v) is 13.5. The lowest BCUT2D eigenvalue weighted by Crippen LogP contribution is -2.26. The highest BCUT2D eigenvalue weighted by molar-refractivity contribution is 7.09. The van der Waals surface area contributed by atoms with Crippen LogP contribution in [0.15, 0.2) is 16.0 Å². The predicted molar refractivity (Wildman–Crippen MR) is 82.4 cm³/mol. The van der Waals surface area contributed by atoms with Crippen molar-refractivity contribution < 1.29 is 9.21 Å². The molecule has 0 aliphatic heterocycles. The van der Waals surface area contributed by atoms with Gasteiger partial charge in [-0.25, -0.2) is 4.98 Å². The highest BCUT2D eigenvalue weighted by Crippen LogP contribution is 2.33. The number of hydrogen-bond donors (Lipinski definition) is 0. The molecule has 0 saturated heterocycles. The zero-order valence-electron chi connectivity index (χ0n) is 12.7. The van der Waals surface area contributed by atoms with E-state index in [0.717, 1.165) is 23.7 Å². The van der Waals surface area contributed by atoms with Gasteiger partial charge < -0.3 is 9.32 Å². The molecule has 0 N–H and O–H groups in total. The third-order valence-corrected chi connectivity index (χ3v) is 4.79. The van der Waals surface area contributed by atoms with Gasteiger partial charge in [0.25, 0.3) is 0 Å². The van der Waals surface area contributed by atoms with E-state index < -0.39 is 0 Å². The molecule has 3 rings (SSSR count). The molecule has 0 spiro atoms. The fourth-order valence-corrected chi connectivity index (χ4v) is 3.40. The second kappa shape index (κ2) is 7.00. The number of nitrogens with zero attached hydrogens (tertiary/aromatic N) is 4. The highest BCUT2D eigenvalue weighted by Gasteiger charge is 2.23. The van der Waals surface area contributed by atoms with E-state index in [4.69, 9.17) is 4.42 Å². The molecule has 1 amide bonds. The first kappa shape index (κ1) is 15.1. The number of thiazole rings is 1. The van der Waals surface area contributed by atoms with Crippen LogP contribution in [0.4, 0.5) is 0 Å². The van der Waals surface area contributed by atoms with Crippen LogP contribution in [-0.4, -0.2) is 33.0 Å². The Labute approximate surface area is 133 Å².